The van der Waals surface area contributed by atoms with Gasteiger partial charge in [0.25, 0.3) is 0 Å². The smallest absolute Gasteiger partial charge is 0.311 e. The highest BCUT2D eigenvalue weighted by Crippen LogP contribution is 2.04. The first-order valence-corrected chi connectivity index (χ1v) is 4.88. The monoisotopic (exact) mass is 190 g/mol. The second-order valence-electron chi connectivity index (χ2n) is 2.45. The molecule has 0 aliphatic carbocycles. The number of rotatable bonds is 5. The first kappa shape index (κ1) is 11.5. The van der Waals surface area contributed by atoms with Crippen LogP contribution in [0.15, 0.2) is 11.5 Å². The van der Waals surface area contributed by atoms with Crippen molar-refractivity contribution < 1.29 is 15.3 Å². The lowest BCUT2D eigenvalue weighted by Gasteiger charge is -2.04. The number of esters is 1. The van der Waals surface area contributed by atoms with Gasteiger partial charge in [-0.15, -0.1) is 11.8 Å². The Bertz CT molecular complexity index is 159. The fourth-order valence-corrected chi connectivity index (χ4v) is 1.36. The third-order valence-corrected chi connectivity index (χ3v) is 2.38. The van der Waals surface area contributed by atoms with Crippen LogP contribution in [0, 0.1) is 0 Å². The fraction of sp³-hybridized carbons (Fsp3) is 0.625. The van der Waals surface area contributed by atoms with Crippen molar-refractivity contribution in [1.29, 1.82) is 0 Å². The summed E-state index contributed by atoms with van der Waals surface area (Å²) < 4.78 is 4.52. The Morgan fingerprint density at radius 2 is 2.42 bits per heavy atom. The number of carbonyl (C=O) groups excluding carboxylic acids is 1. The molecule has 1 atom stereocenters. The first-order valence-electron chi connectivity index (χ1n) is 3.83. The van der Waals surface area contributed by atoms with Crippen LogP contribution in [0.25, 0.3) is 0 Å². The maximum atomic E-state index is 10.8. The molecular formula is C8H16NO2S+. The number of allylic oxidation sites excluding steroid dienone is 1. The summed E-state index contributed by atoms with van der Waals surface area (Å²) in [6.07, 6.45) is 2.37. The number of hydrogen-bond donors (Lipinski definition) is 1. The van der Waals surface area contributed by atoms with Gasteiger partial charge in [-0.25, -0.2) is 0 Å². The summed E-state index contributed by atoms with van der Waals surface area (Å²) >= 11 is 1.66. The lowest BCUT2D eigenvalue weighted by atomic mass is 10.2. The molecule has 0 aromatic heterocycles. The summed E-state index contributed by atoms with van der Waals surface area (Å²) in [4.78, 5) is 10.8. The summed E-state index contributed by atoms with van der Waals surface area (Å²) in [7, 11) is 1.40. The molecule has 0 radical (unpaired) electrons. The van der Waals surface area contributed by atoms with Gasteiger partial charge in [-0.2, -0.15) is 0 Å². The zero-order chi connectivity index (χ0) is 9.40. The molecule has 1 unspecified atom stereocenters. The second kappa shape index (κ2) is 7.18. The van der Waals surface area contributed by atoms with Gasteiger partial charge in [0.05, 0.1) is 19.3 Å². The van der Waals surface area contributed by atoms with Crippen molar-refractivity contribution in [2.45, 2.75) is 19.4 Å². The number of carbonyl (C=O) groups is 1. The first-order chi connectivity index (χ1) is 5.70. The number of thioether (sulfide) groups is 1. The molecule has 0 spiro atoms. The summed E-state index contributed by atoms with van der Waals surface area (Å²) in [5, 5.41) is 2.00. The largest absolute Gasteiger partial charge is 0.469 e. The van der Waals surface area contributed by atoms with Crippen molar-refractivity contribution in [3.05, 3.63) is 11.5 Å². The lowest BCUT2D eigenvalue weighted by Crippen LogP contribution is -2.63. The van der Waals surface area contributed by atoms with Gasteiger partial charge in [0, 0.05) is 0 Å². The zero-order valence-corrected chi connectivity index (χ0v) is 8.39. The predicted molar refractivity (Wildman–Crippen MR) is 50.6 cm³/mol. The molecule has 0 rings (SSSR count). The fourth-order valence-electron chi connectivity index (χ4n) is 0.666. The van der Waals surface area contributed by atoms with Crippen molar-refractivity contribution >= 4 is 17.7 Å². The van der Waals surface area contributed by atoms with Crippen LogP contribution in [-0.2, 0) is 9.53 Å². The van der Waals surface area contributed by atoms with E-state index < -0.39 is 0 Å². The SMILES string of the molecule is C/C=C\SCC([NH3+])CC(=O)OC. The molecule has 0 aliphatic heterocycles. The second-order valence-corrected chi connectivity index (χ2v) is 3.39. The van der Waals surface area contributed by atoms with Crippen molar-refractivity contribution in [2.24, 2.45) is 0 Å². The molecule has 12 heavy (non-hydrogen) atoms. The molecule has 0 aromatic carbocycles. The highest BCUT2D eigenvalue weighted by atomic mass is 32.2. The molecule has 0 heterocycles. The minimum absolute atomic E-state index is 0.138. The lowest BCUT2D eigenvalue weighted by molar-refractivity contribution is -0.411. The van der Waals surface area contributed by atoms with E-state index in [0.29, 0.717) is 6.42 Å². The van der Waals surface area contributed by atoms with Gasteiger partial charge in [-0.3, -0.25) is 4.79 Å². The minimum Gasteiger partial charge on any atom is -0.469 e. The van der Waals surface area contributed by atoms with Crippen molar-refractivity contribution in [2.75, 3.05) is 12.9 Å². The van der Waals surface area contributed by atoms with E-state index in [1.54, 1.807) is 11.8 Å². The van der Waals surface area contributed by atoms with Crippen LogP contribution in [0.5, 0.6) is 0 Å². The number of quaternary nitrogens is 1. The van der Waals surface area contributed by atoms with Crippen LogP contribution < -0.4 is 5.73 Å². The van der Waals surface area contributed by atoms with E-state index in [1.807, 2.05) is 18.4 Å². The van der Waals surface area contributed by atoms with E-state index in [9.17, 15) is 4.79 Å². The van der Waals surface area contributed by atoms with Gasteiger partial charge in [-0.05, 0) is 12.3 Å². The summed E-state index contributed by atoms with van der Waals surface area (Å²) in [5.41, 5.74) is 3.84. The van der Waals surface area contributed by atoms with Crippen molar-refractivity contribution in [3.63, 3.8) is 0 Å². The van der Waals surface area contributed by atoms with E-state index in [4.69, 9.17) is 0 Å². The average Bonchev–Trinajstić information content (AvgIpc) is 2.05. The van der Waals surface area contributed by atoms with E-state index in [0.717, 1.165) is 5.75 Å². The van der Waals surface area contributed by atoms with E-state index >= 15 is 0 Å². The Kier molecular flexibility index (Phi) is 6.90. The van der Waals surface area contributed by atoms with Gasteiger partial charge >= 0.3 is 5.97 Å². The normalized spacial score (nSPS) is 13.2. The Labute approximate surface area is 77.3 Å². The maximum absolute atomic E-state index is 10.8. The number of ether oxygens (including phenoxy) is 1. The molecule has 0 aromatic rings. The predicted octanol–water partition coefficient (Wildman–Crippen LogP) is 0.427. The molecular weight excluding hydrogens is 174 g/mol. The number of methoxy groups -OCH3 is 1. The Morgan fingerprint density at radius 3 is 2.92 bits per heavy atom. The third-order valence-electron chi connectivity index (χ3n) is 1.25. The molecule has 4 heteroatoms. The van der Waals surface area contributed by atoms with Crippen molar-refractivity contribution in [1.82, 2.24) is 0 Å². The van der Waals surface area contributed by atoms with Crippen LogP contribution in [-0.4, -0.2) is 24.9 Å². The highest BCUT2D eigenvalue weighted by Gasteiger charge is 2.11. The molecule has 0 fully saturated rings. The minimum atomic E-state index is -0.184. The third kappa shape index (κ3) is 6.24. The van der Waals surface area contributed by atoms with E-state index in [1.165, 1.54) is 7.11 Å². The molecule has 0 saturated heterocycles. The molecule has 0 aliphatic rings. The summed E-state index contributed by atoms with van der Waals surface area (Å²) in [5.74, 6) is 0.676. The van der Waals surface area contributed by atoms with Gasteiger partial charge in [0.2, 0.25) is 0 Å². The summed E-state index contributed by atoms with van der Waals surface area (Å²) in [6.45, 7) is 1.96. The quantitative estimate of drug-likeness (QED) is 0.639. The standard InChI is InChI=1S/C8H15NO2S/c1-3-4-12-6-7(9)5-8(10)11-2/h3-4,7H,5-6,9H2,1-2H3/p+1/b4-3-. The van der Waals surface area contributed by atoms with Crippen LogP contribution in [0.1, 0.15) is 13.3 Å². The van der Waals surface area contributed by atoms with Crippen LogP contribution in [0.3, 0.4) is 0 Å². The van der Waals surface area contributed by atoms with Crippen LogP contribution >= 0.6 is 11.8 Å². The molecule has 0 amide bonds. The van der Waals surface area contributed by atoms with E-state index in [-0.39, 0.29) is 12.0 Å². The zero-order valence-electron chi connectivity index (χ0n) is 7.58. The van der Waals surface area contributed by atoms with Gasteiger partial charge < -0.3 is 10.5 Å². The maximum Gasteiger partial charge on any atom is 0.311 e. The molecule has 3 N–H and O–H groups in total. The molecule has 70 valence electrons. The highest BCUT2D eigenvalue weighted by molar-refractivity contribution is 8.02. The molecule has 3 nitrogen and oxygen atoms in total. The Morgan fingerprint density at radius 1 is 1.75 bits per heavy atom. The van der Waals surface area contributed by atoms with Gasteiger partial charge in [-0.1, -0.05) is 6.08 Å². The van der Waals surface area contributed by atoms with Crippen LogP contribution in [0.2, 0.25) is 0 Å². The van der Waals surface area contributed by atoms with Gasteiger partial charge in [0.1, 0.15) is 6.04 Å². The average molecular weight is 190 g/mol. The number of hydrogen-bond acceptors (Lipinski definition) is 3. The molecule has 0 saturated carbocycles. The van der Waals surface area contributed by atoms with Crippen LogP contribution in [0.4, 0.5) is 0 Å². The Balaban J connectivity index is 3.45. The van der Waals surface area contributed by atoms with Crippen molar-refractivity contribution in [3.8, 4) is 0 Å². The van der Waals surface area contributed by atoms with E-state index in [2.05, 4.69) is 10.5 Å². The topological polar surface area (TPSA) is 53.9 Å². The van der Waals surface area contributed by atoms with Gasteiger partial charge in [0.15, 0.2) is 0 Å². The molecule has 0 bridgehead atoms. The Hall–Kier alpha value is -0.480. The summed E-state index contributed by atoms with van der Waals surface area (Å²) in [6, 6.07) is 0.138.